The van der Waals surface area contributed by atoms with Crippen LogP contribution in [0.4, 0.5) is 0 Å². The van der Waals surface area contributed by atoms with Gasteiger partial charge in [-0.2, -0.15) is 0 Å². The summed E-state index contributed by atoms with van der Waals surface area (Å²) in [7, 11) is 2.21. The highest BCUT2D eigenvalue weighted by atomic mass is 15.1. The predicted molar refractivity (Wildman–Crippen MR) is 84.3 cm³/mol. The van der Waals surface area contributed by atoms with Crippen LogP contribution in [0.15, 0.2) is 24.3 Å². The summed E-state index contributed by atoms with van der Waals surface area (Å²) in [5, 5.41) is 0. The largest absolute Gasteiger partial charge is 0.330 e. The van der Waals surface area contributed by atoms with Gasteiger partial charge in [-0.05, 0) is 49.9 Å². The van der Waals surface area contributed by atoms with Crippen molar-refractivity contribution in [2.75, 3.05) is 13.6 Å². The maximum Gasteiger partial charge on any atom is 0.0233 e. The van der Waals surface area contributed by atoms with Crippen molar-refractivity contribution in [1.29, 1.82) is 0 Å². The number of nitrogens with two attached hydrogens (primary N) is 1. The van der Waals surface area contributed by atoms with Gasteiger partial charge in [-0.3, -0.25) is 4.90 Å². The highest BCUT2D eigenvalue weighted by Gasteiger charge is 2.11. The first-order valence-corrected chi connectivity index (χ1v) is 7.43. The monoisotopic (exact) mass is 262 g/mol. The van der Waals surface area contributed by atoms with Crippen LogP contribution in [0.25, 0.3) is 0 Å². The molecule has 0 aliphatic rings. The van der Waals surface area contributed by atoms with E-state index in [0.717, 1.165) is 12.5 Å². The summed E-state index contributed by atoms with van der Waals surface area (Å²) in [5.74, 6) is 1.21. The average molecular weight is 262 g/mol. The van der Waals surface area contributed by atoms with E-state index in [4.69, 9.17) is 5.73 Å². The quantitative estimate of drug-likeness (QED) is 0.813. The summed E-state index contributed by atoms with van der Waals surface area (Å²) in [5.41, 5.74) is 8.42. The predicted octanol–water partition coefficient (Wildman–Crippen LogP) is 3.62. The molecular weight excluding hydrogens is 232 g/mol. The molecule has 1 aromatic carbocycles. The lowest BCUT2D eigenvalue weighted by Gasteiger charge is -2.26. The minimum Gasteiger partial charge on any atom is -0.330 e. The fourth-order valence-corrected chi connectivity index (χ4v) is 2.39. The second-order valence-electron chi connectivity index (χ2n) is 6.27. The highest BCUT2D eigenvalue weighted by Crippen LogP contribution is 2.17. The Balaban J connectivity index is 2.57. The number of hydrogen-bond acceptors (Lipinski definition) is 2. The zero-order valence-electron chi connectivity index (χ0n) is 13.2. The Bertz CT molecular complexity index is 356. The second-order valence-corrected chi connectivity index (χ2v) is 6.27. The topological polar surface area (TPSA) is 29.3 Å². The van der Waals surface area contributed by atoms with Gasteiger partial charge in [0.1, 0.15) is 0 Å². The molecule has 1 aromatic rings. The molecular formula is C17H30N2. The fourth-order valence-electron chi connectivity index (χ4n) is 2.39. The lowest BCUT2D eigenvalue weighted by Crippen LogP contribution is -2.29. The van der Waals surface area contributed by atoms with E-state index in [1.54, 1.807) is 0 Å². The van der Waals surface area contributed by atoms with Crippen LogP contribution in [0.2, 0.25) is 0 Å². The Kier molecular flexibility index (Phi) is 6.53. The standard InChI is InChI=1S/C17H30N2/c1-13(2)10-15(4)19(5)12-16-6-8-17(9-7-16)14(3)11-18/h6-9,13-15H,10-12,18H2,1-5H3. The maximum absolute atomic E-state index is 5.70. The Hall–Kier alpha value is -0.860. The smallest absolute Gasteiger partial charge is 0.0233 e. The molecule has 0 radical (unpaired) electrons. The Morgan fingerprint density at radius 3 is 2.11 bits per heavy atom. The van der Waals surface area contributed by atoms with Crippen LogP contribution >= 0.6 is 0 Å². The van der Waals surface area contributed by atoms with E-state index in [2.05, 4.69) is 63.9 Å². The second kappa shape index (κ2) is 7.66. The minimum atomic E-state index is 0.451. The van der Waals surface area contributed by atoms with E-state index in [9.17, 15) is 0 Å². The van der Waals surface area contributed by atoms with Gasteiger partial charge in [-0.15, -0.1) is 0 Å². The van der Waals surface area contributed by atoms with Crippen molar-refractivity contribution in [2.45, 2.75) is 52.6 Å². The van der Waals surface area contributed by atoms with Crippen LogP contribution in [0.1, 0.15) is 51.2 Å². The minimum absolute atomic E-state index is 0.451. The summed E-state index contributed by atoms with van der Waals surface area (Å²) in [6, 6.07) is 9.53. The summed E-state index contributed by atoms with van der Waals surface area (Å²) >= 11 is 0. The summed E-state index contributed by atoms with van der Waals surface area (Å²) in [6.07, 6.45) is 1.25. The first kappa shape index (κ1) is 16.2. The van der Waals surface area contributed by atoms with Gasteiger partial charge in [0.2, 0.25) is 0 Å². The van der Waals surface area contributed by atoms with E-state index in [1.165, 1.54) is 17.5 Å². The van der Waals surface area contributed by atoms with Gasteiger partial charge in [0.25, 0.3) is 0 Å². The van der Waals surface area contributed by atoms with Gasteiger partial charge in [-0.25, -0.2) is 0 Å². The summed E-state index contributed by atoms with van der Waals surface area (Å²) < 4.78 is 0. The van der Waals surface area contributed by atoms with Crippen LogP contribution in [-0.4, -0.2) is 24.5 Å². The van der Waals surface area contributed by atoms with Crippen LogP contribution in [0, 0.1) is 5.92 Å². The molecule has 2 nitrogen and oxygen atoms in total. The molecule has 2 N–H and O–H groups in total. The first-order valence-electron chi connectivity index (χ1n) is 7.43. The Morgan fingerprint density at radius 1 is 1.05 bits per heavy atom. The third kappa shape index (κ3) is 5.33. The third-order valence-electron chi connectivity index (χ3n) is 3.90. The van der Waals surface area contributed by atoms with Gasteiger partial charge in [0, 0.05) is 12.6 Å². The molecule has 0 spiro atoms. The molecule has 0 aliphatic carbocycles. The first-order chi connectivity index (χ1) is 8.93. The molecule has 0 saturated carbocycles. The van der Waals surface area contributed by atoms with Crippen molar-refractivity contribution in [3.8, 4) is 0 Å². The van der Waals surface area contributed by atoms with Gasteiger partial charge in [0.05, 0.1) is 0 Å². The van der Waals surface area contributed by atoms with Gasteiger partial charge < -0.3 is 5.73 Å². The molecule has 0 heterocycles. The normalized spacial score (nSPS) is 14.9. The Morgan fingerprint density at radius 2 is 1.63 bits per heavy atom. The fraction of sp³-hybridized carbons (Fsp3) is 0.647. The van der Waals surface area contributed by atoms with Gasteiger partial charge >= 0.3 is 0 Å². The third-order valence-corrected chi connectivity index (χ3v) is 3.90. The summed E-state index contributed by atoms with van der Waals surface area (Å²) in [4.78, 5) is 2.43. The Labute approximate surface area is 119 Å². The van der Waals surface area contributed by atoms with Crippen molar-refractivity contribution in [3.63, 3.8) is 0 Å². The van der Waals surface area contributed by atoms with E-state index in [0.29, 0.717) is 18.5 Å². The maximum atomic E-state index is 5.70. The molecule has 0 aliphatic heterocycles. The molecule has 2 heteroatoms. The van der Waals surface area contributed by atoms with Gasteiger partial charge in [0.15, 0.2) is 0 Å². The molecule has 108 valence electrons. The molecule has 0 bridgehead atoms. The highest BCUT2D eigenvalue weighted by molar-refractivity contribution is 5.25. The SMILES string of the molecule is CC(C)CC(C)N(C)Cc1ccc(C(C)CN)cc1. The van der Waals surface area contributed by atoms with Crippen LogP contribution < -0.4 is 5.73 Å². The molecule has 2 atom stereocenters. The molecule has 0 fully saturated rings. The van der Waals surface area contributed by atoms with Gasteiger partial charge in [-0.1, -0.05) is 45.0 Å². The van der Waals surface area contributed by atoms with Crippen molar-refractivity contribution in [1.82, 2.24) is 4.90 Å². The molecule has 0 aromatic heterocycles. The summed E-state index contributed by atoms with van der Waals surface area (Å²) in [6.45, 7) is 10.8. The average Bonchev–Trinajstić information content (AvgIpc) is 2.37. The van der Waals surface area contributed by atoms with E-state index >= 15 is 0 Å². The zero-order valence-corrected chi connectivity index (χ0v) is 13.2. The van der Waals surface area contributed by atoms with E-state index in [-0.39, 0.29) is 0 Å². The lowest BCUT2D eigenvalue weighted by molar-refractivity contribution is 0.220. The van der Waals surface area contributed by atoms with Crippen molar-refractivity contribution < 1.29 is 0 Å². The number of hydrogen-bond donors (Lipinski definition) is 1. The van der Waals surface area contributed by atoms with Crippen LogP contribution in [0.5, 0.6) is 0 Å². The van der Waals surface area contributed by atoms with E-state index < -0.39 is 0 Å². The number of benzene rings is 1. The number of nitrogens with zero attached hydrogens (tertiary/aromatic N) is 1. The number of rotatable bonds is 7. The lowest BCUT2D eigenvalue weighted by atomic mass is 9.99. The van der Waals surface area contributed by atoms with Crippen LogP contribution in [-0.2, 0) is 6.54 Å². The molecule has 2 unspecified atom stereocenters. The van der Waals surface area contributed by atoms with Crippen molar-refractivity contribution in [2.24, 2.45) is 11.7 Å². The molecule has 0 saturated heterocycles. The molecule has 0 amide bonds. The zero-order chi connectivity index (χ0) is 14.4. The molecule has 19 heavy (non-hydrogen) atoms. The van der Waals surface area contributed by atoms with Crippen molar-refractivity contribution >= 4 is 0 Å². The van der Waals surface area contributed by atoms with Crippen LogP contribution in [0.3, 0.4) is 0 Å². The molecule has 1 rings (SSSR count). The van der Waals surface area contributed by atoms with E-state index in [1.807, 2.05) is 0 Å². The van der Waals surface area contributed by atoms with Crippen molar-refractivity contribution in [3.05, 3.63) is 35.4 Å².